The molecule has 0 aliphatic rings. The Morgan fingerprint density at radius 2 is 1.61 bits per heavy atom. The molecule has 31 heavy (non-hydrogen) atoms. The predicted octanol–water partition coefficient (Wildman–Crippen LogP) is 4.18. The number of nitrogens with one attached hydrogen (secondary N) is 1. The summed E-state index contributed by atoms with van der Waals surface area (Å²) in [7, 11) is 1.62. The second-order valence-electron chi connectivity index (χ2n) is 7.38. The van der Waals surface area contributed by atoms with Crippen molar-refractivity contribution in [1.29, 1.82) is 0 Å². The molecule has 0 aromatic heterocycles. The average molecular weight is 428 g/mol. The number of carbonyl (C=O) groups is 2. The van der Waals surface area contributed by atoms with E-state index < -0.39 is 6.16 Å². The Kier molecular flexibility index (Phi) is 10.3. The van der Waals surface area contributed by atoms with Gasteiger partial charge in [-0.2, -0.15) is 4.65 Å². The zero-order chi connectivity index (χ0) is 22.4. The molecule has 0 aliphatic carbocycles. The Balaban J connectivity index is 1.54. The number of hydrogen-bond acceptors (Lipinski definition) is 5. The van der Waals surface area contributed by atoms with Crippen LogP contribution in [0.25, 0.3) is 0 Å². The van der Waals surface area contributed by atoms with Crippen molar-refractivity contribution in [1.82, 2.24) is 5.32 Å². The molecule has 2 aromatic rings. The predicted molar refractivity (Wildman–Crippen MR) is 117 cm³/mol. The van der Waals surface area contributed by atoms with Crippen LogP contribution < -0.4 is 5.32 Å². The summed E-state index contributed by atoms with van der Waals surface area (Å²) < 4.78 is 9.61. The number of quaternary nitrogens is 1. The summed E-state index contributed by atoms with van der Waals surface area (Å²) in [5, 5.41) is 13.2. The third-order valence-electron chi connectivity index (χ3n) is 4.52. The lowest BCUT2D eigenvalue weighted by molar-refractivity contribution is -1.05. The lowest BCUT2D eigenvalue weighted by atomic mass is 10.2. The zero-order valence-electron chi connectivity index (χ0n) is 17.9. The van der Waals surface area contributed by atoms with E-state index in [1.807, 2.05) is 60.7 Å². The fourth-order valence-electron chi connectivity index (χ4n) is 2.82. The summed E-state index contributed by atoms with van der Waals surface area (Å²) >= 11 is 0. The molecule has 0 saturated carbocycles. The number of nitrogens with zero attached hydrogens (tertiary/aromatic N) is 1. The smallest absolute Gasteiger partial charge is 0.430 e. The molecule has 0 radical (unpaired) electrons. The molecule has 7 nitrogen and oxygen atoms in total. The molecule has 166 valence electrons. The van der Waals surface area contributed by atoms with E-state index >= 15 is 0 Å². The number of hydroxylamine groups is 3. The fourth-order valence-corrected chi connectivity index (χ4v) is 2.82. The van der Waals surface area contributed by atoms with E-state index in [4.69, 9.17) is 9.47 Å². The average Bonchev–Trinajstić information content (AvgIpc) is 2.78. The van der Waals surface area contributed by atoms with Crippen LogP contribution in [0.3, 0.4) is 0 Å². The number of hydrogen-bond donors (Lipinski definition) is 2. The molecule has 1 atom stereocenters. The second-order valence-corrected chi connectivity index (χ2v) is 7.38. The van der Waals surface area contributed by atoms with Crippen molar-refractivity contribution in [3.8, 4) is 0 Å². The summed E-state index contributed by atoms with van der Waals surface area (Å²) in [5.74, 6) is -0.00560. The quantitative estimate of drug-likeness (QED) is 0.230. The second kappa shape index (κ2) is 13.2. The number of benzene rings is 2. The van der Waals surface area contributed by atoms with Crippen molar-refractivity contribution in [2.24, 2.45) is 0 Å². The molecule has 2 N–H and O–H groups in total. The third kappa shape index (κ3) is 11.0. The molecule has 0 saturated heterocycles. The number of rotatable bonds is 12. The molecule has 0 heterocycles. The van der Waals surface area contributed by atoms with E-state index in [1.54, 1.807) is 19.3 Å². The molecular weight excluding hydrogens is 396 g/mol. The molecule has 0 bridgehead atoms. The summed E-state index contributed by atoms with van der Waals surface area (Å²) in [4.78, 5) is 23.5. The van der Waals surface area contributed by atoms with E-state index in [0.717, 1.165) is 11.1 Å². The van der Waals surface area contributed by atoms with Crippen molar-refractivity contribution < 1.29 is 28.9 Å². The van der Waals surface area contributed by atoms with Gasteiger partial charge < -0.3 is 14.8 Å². The van der Waals surface area contributed by atoms with Crippen LogP contribution in [0.2, 0.25) is 0 Å². The van der Waals surface area contributed by atoms with Crippen LogP contribution in [0.15, 0.2) is 72.9 Å². The van der Waals surface area contributed by atoms with Gasteiger partial charge in [0.25, 0.3) is 0 Å². The Hall–Kier alpha value is -3.16. The van der Waals surface area contributed by atoms with Crippen LogP contribution in [0, 0.1) is 0 Å². The number of ether oxygens (including phenoxy) is 2. The monoisotopic (exact) mass is 427 g/mol. The number of carbonyl (C=O) groups excluding carboxylic acids is 2. The van der Waals surface area contributed by atoms with Gasteiger partial charge in [0, 0.05) is 25.5 Å². The van der Waals surface area contributed by atoms with Crippen LogP contribution in [0.4, 0.5) is 4.79 Å². The molecule has 0 aliphatic heterocycles. The van der Waals surface area contributed by atoms with Crippen molar-refractivity contribution in [2.45, 2.75) is 32.4 Å². The molecule has 2 rings (SSSR count). The topological polar surface area (TPSA) is 84.9 Å². The first-order valence-corrected chi connectivity index (χ1v) is 10.3. The Bertz CT molecular complexity index is 822. The van der Waals surface area contributed by atoms with Crippen molar-refractivity contribution in [3.05, 3.63) is 84.1 Å². The van der Waals surface area contributed by atoms with Crippen molar-refractivity contribution in [2.75, 3.05) is 20.2 Å². The normalized spacial score (nSPS) is 12.8. The maximum Gasteiger partial charge on any atom is 0.508 e. The van der Waals surface area contributed by atoms with Crippen LogP contribution in [0.1, 0.15) is 30.4 Å². The van der Waals surface area contributed by atoms with Gasteiger partial charge in [0.05, 0.1) is 0 Å². The third-order valence-corrected chi connectivity index (χ3v) is 4.52. The zero-order valence-corrected chi connectivity index (χ0v) is 17.9. The van der Waals surface area contributed by atoms with E-state index in [9.17, 15) is 14.8 Å². The Morgan fingerprint density at radius 1 is 0.968 bits per heavy atom. The van der Waals surface area contributed by atoms with E-state index in [2.05, 4.69) is 5.32 Å². The molecular formula is C24H31N2O5+. The van der Waals surface area contributed by atoms with E-state index in [0.29, 0.717) is 32.4 Å². The highest BCUT2D eigenvalue weighted by molar-refractivity contribution is 5.75. The van der Waals surface area contributed by atoms with Gasteiger partial charge in [-0.15, -0.1) is 0 Å². The highest BCUT2D eigenvalue weighted by Gasteiger charge is 2.15. The van der Waals surface area contributed by atoms with Crippen LogP contribution in [-0.2, 0) is 27.4 Å². The highest BCUT2D eigenvalue weighted by Crippen LogP contribution is 2.06. The largest absolute Gasteiger partial charge is 0.508 e. The first kappa shape index (κ1) is 24.1. The van der Waals surface area contributed by atoms with Gasteiger partial charge in [-0.1, -0.05) is 60.7 Å². The molecule has 7 heteroatoms. The number of unbranched alkanes of at least 4 members (excludes halogenated alkanes) is 1. The molecule has 1 amide bonds. The van der Waals surface area contributed by atoms with Crippen LogP contribution in [-0.4, -0.2) is 42.1 Å². The molecule has 1 unspecified atom stereocenters. The summed E-state index contributed by atoms with van der Waals surface area (Å²) in [6, 6.07) is 19.1. The van der Waals surface area contributed by atoms with Gasteiger partial charge in [-0.05, 0) is 17.5 Å². The van der Waals surface area contributed by atoms with Gasteiger partial charge in [-0.3, -0.25) is 4.79 Å². The first-order valence-electron chi connectivity index (χ1n) is 10.3. The van der Waals surface area contributed by atoms with Crippen molar-refractivity contribution >= 4 is 12.1 Å². The maximum atomic E-state index is 11.9. The van der Waals surface area contributed by atoms with Crippen LogP contribution >= 0.6 is 0 Å². The van der Waals surface area contributed by atoms with Gasteiger partial charge in [0.1, 0.15) is 33.0 Å². The van der Waals surface area contributed by atoms with Crippen molar-refractivity contribution in [3.63, 3.8) is 0 Å². The molecule has 0 spiro atoms. The first-order chi connectivity index (χ1) is 14.9. The fraction of sp³-hybridized carbons (Fsp3) is 0.333. The Morgan fingerprint density at radius 3 is 2.29 bits per heavy atom. The number of amides is 1. The SMILES string of the molecule is C[N+](O)(/C=C/COC(=O)OCc1ccccc1)CCCCC(=O)NCc1ccccc1. The summed E-state index contributed by atoms with van der Waals surface area (Å²) in [5.41, 5.74) is 1.94. The Labute approximate surface area is 183 Å². The van der Waals surface area contributed by atoms with Gasteiger partial charge in [-0.25, -0.2) is 10.0 Å². The van der Waals surface area contributed by atoms with E-state index in [-0.39, 0.29) is 23.8 Å². The molecule has 2 aromatic carbocycles. The highest BCUT2D eigenvalue weighted by atomic mass is 16.7. The lowest BCUT2D eigenvalue weighted by Crippen LogP contribution is -2.35. The summed E-state index contributed by atoms with van der Waals surface area (Å²) in [6.45, 7) is 1.12. The van der Waals surface area contributed by atoms with E-state index in [1.165, 1.54) is 0 Å². The van der Waals surface area contributed by atoms with Gasteiger partial charge in [0.15, 0.2) is 0 Å². The summed E-state index contributed by atoms with van der Waals surface area (Å²) in [6.07, 6.45) is 4.10. The standard InChI is InChI=1S/C24H30N2O5/c1-26(29,16-9-8-15-23(27)25-19-21-11-4-2-5-12-21)17-10-18-30-24(28)31-20-22-13-6-3-7-14-22/h2-7,10-14,17,29H,8-9,15-16,18-20H2,1H3/p+1/b17-10+. The molecule has 0 fully saturated rings. The minimum Gasteiger partial charge on any atom is -0.430 e. The van der Waals surface area contributed by atoms with Gasteiger partial charge in [0.2, 0.25) is 5.91 Å². The minimum absolute atomic E-state index is 0.00388. The van der Waals surface area contributed by atoms with Gasteiger partial charge >= 0.3 is 6.16 Å². The minimum atomic E-state index is -0.762. The van der Waals surface area contributed by atoms with Crippen LogP contribution in [0.5, 0.6) is 0 Å². The lowest BCUT2D eigenvalue weighted by Gasteiger charge is -2.20. The maximum absolute atomic E-state index is 11.9.